The van der Waals surface area contributed by atoms with Crippen LogP contribution < -0.4 is 0 Å². The second kappa shape index (κ2) is 4.94. The first kappa shape index (κ1) is 15.1. The van der Waals surface area contributed by atoms with Crippen LogP contribution in [0.15, 0.2) is 24.3 Å². The van der Waals surface area contributed by atoms with Crippen LogP contribution in [0.5, 0.6) is 23.0 Å². The summed E-state index contributed by atoms with van der Waals surface area (Å²) in [5.41, 5.74) is -1.54. The van der Waals surface area contributed by atoms with E-state index in [1.165, 1.54) is 0 Å². The zero-order chi connectivity index (χ0) is 14.6. The number of carbonyl (C=O) groups excluding carboxylic acids is 2. The van der Waals surface area contributed by atoms with Gasteiger partial charge in [0, 0.05) is 0 Å². The van der Waals surface area contributed by atoms with Crippen molar-refractivity contribution in [1.29, 1.82) is 0 Å². The summed E-state index contributed by atoms with van der Waals surface area (Å²) in [6.45, 7) is 0. The third-order valence-electron chi connectivity index (χ3n) is 3.23. The molecule has 0 bridgehead atoms. The van der Waals surface area contributed by atoms with Gasteiger partial charge in [-0.3, -0.25) is 9.59 Å². The summed E-state index contributed by atoms with van der Waals surface area (Å²) >= 11 is 0. The number of hydrogen-bond acceptors (Lipinski definition) is 6. The van der Waals surface area contributed by atoms with E-state index in [9.17, 15) is 30.0 Å². The van der Waals surface area contributed by atoms with Crippen molar-refractivity contribution in [2.45, 2.75) is 0 Å². The van der Waals surface area contributed by atoms with E-state index >= 15 is 0 Å². The average Bonchev–Trinajstić information content (AvgIpc) is 2.41. The fourth-order valence-corrected chi connectivity index (χ4v) is 2.33. The first-order valence-corrected chi connectivity index (χ1v) is 5.62. The van der Waals surface area contributed by atoms with Gasteiger partial charge in [0.05, 0.1) is 22.3 Å². The topological polar surface area (TPSA) is 115 Å². The molecule has 1 aliphatic rings. The number of fused-ring (bicyclic) bond motifs is 2. The van der Waals surface area contributed by atoms with Crippen LogP contribution in [-0.2, 0) is 0 Å². The van der Waals surface area contributed by atoms with Gasteiger partial charge in [0.25, 0.3) is 0 Å². The summed E-state index contributed by atoms with van der Waals surface area (Å²) in [5, 5.41) is 38.9. The number of carbonyl (C=O) groups is 2. The van der Waals surface area contributed by atoms with E-state index in [0.29, 0.717) is 0 Å². The molecule has 0 aromatic heterocycles. The standard InChI is InChI=1S/C14H8O6.Mg.2H/c15-5-1-2-6(16)10-9(5)13(19)11-7(17)3-4-8(18)12(11)14(10)20;;;/h1-4,15-18H;;;/q;+2;2*-1. The van der Waals surface area contributed by atoms with E-state index in [4.69, 9.17) is 0 Å². The quantitative estimate of drug-likeness (QED) is 0.365. The molecule has 3 rings (SSSR count). The van der Waals surface area contributed by atoms with Crippen LogP contribution in [0.1, 0.15) is 34.7 Å². The van der Waals surface area contributed by atoms with Gasteiger partial charge in [-0.25, -0.2) is 0 Å². The third kappa shape index (κ3) is 1.93. The molecule has 104 valence electrons. The van der Waals surface area contributed by atoms with Gasteiger partial charge in [0.2, 0.25) is 11.6 Å². The summed E-state index contributed by atoms with van der Waals surface area (Å²) in [6, 6.07) is 4.29. The molecule has 2 aromatic rings. The maximum Gasteiger partial charge on any atom is 2.00 e. The molecule has 7 heteroatoms. The molecule has 4 N–H and O–H groups in total. The SMILES string of the molecule is O=C1c2c(O)ccc(O)c2C(=O)c2c(O)ccc(O)c21.[H-].[H-].[Mg+2]. The van der Waals surface area contributed by atoms with E-state index in [1.807, 2.05) is 0 Å². The molecule has 0 amide bonds. The van der Waals surface area contributed by atoms with Crippen LogP contribution in [0.2, 0.25) is 0 Å². The average molecular weight is 299 g/mol. The fraction of sp³-hybridized carbons (Fsp3) is 0. The van der Waals surface area contributed by atoms with Crippen LogP contribution in [0.3, 0.4) is 0 Å². The molecule has 0 aliphatic heterocycles. The Morgan fingerprint density at radius 3 is 0.952 bits per heavy atom. The van der Waals surface area contributed by atoms with Crippen LogP contribution in [0.25, 0.3) is 0 Å². The molecule has 0 saturated heterocycles. The molecule has 0 heterocycles. The number of phenols is 4. The third-order valence-corrected chi connectivity index (χ3v) is 3.23. The Bertz CT molecular complexity index is 677. The van der Waals surface area contributed by atoms with Gasteiger partial charge in [-0.1, -0.05) is 0 Å². The van der Waals surface area contributed by atoms with Gasteiger partial charge >= 0.3 is 23.1 Å². The Kier molecular flexibility index (Phi) is 3.56. The van der Waals surface area contributed by atoms with E-state index in [-0.39, 0.29) is 48.2 Å². The normalized spacial score (nSPS) is 12.4. The Morgan fingerprint density at radius 1 is 0.571 bits per heavy atom. The van der Waals surface area contributed by atoms with Crippen molar-refractivity contribution >= 4 is 34.6 Å². The largest absolute Gasteiger partial charge is 2.00 e. The van der Waals surface area contributed by atoms with Gasteiger partial charge in [-0.05, 0) is 24.3 Å². The van der Waals surface area contributed by atoms with Crippen LogP contribution in [0.4, 0.5) is 0 Å². The van der Waals surface area contributed by atoms with Crippen LogP contribution in [-0.4, -0.2) is 55.0 Å². The number of ketones is 2. The van der Waals surface area contributed by atoms with Crippen molar-refractivity contribution in [2.24, 2.45) is 0 Å². The maximum absolute atomic E-state index is 12.3. The number of aromatic hydroxyl groups is 4. The summed E-state index contributed by atoms with van der Waals surface area (Å²) in [7, 11) is 0. The van der Waals surface area contributed by atoms with Crippen molar-refractivity contribution in [3.8, 4) is 23.0 Å². The zero-order valence-electron chi connectivity index (χ0n) is 12.6. The van der Waals surface area contributed by atoms with Crippen LogP contribution in [0, 0.1) is 0 Å². The zero-order valence-corrected chi connectivity index (χ0v) is 12.0. The first-order valence-electron chi connectivity index (χ1n) is 5.62. The van der Waals surface area contributed by atoms with Gasteiger partial charge in [0.1, 0.15) is 23.0 Å². The molecule has 0 saturated carbocycles. The van der Waals surface area contributed by atoms with Crippen LogP contribution >= 0.6 is 0 Å². The Labute approximate surface area is 137 Å². The van der Waals surface area contributed by atoms with Crippen molar-refractivity contribution in [3.05, 3.63) is 46.5 Å². The second-order valence-electron chi connectivity index (χ2n) is 4.37. The van der Waals surface area contributed by atoms with Gasteiger partial charge in [0.15, 0.2) is 0 Å². The van der Waals surface area contributed by atoms with Gasteiger partial charge in [-0.2, -0.15) is 0 Å². The Hall–Kier alpha value is -2.25. The minimum absolute atomic E-state index is 0. The molecular weight excluding hydrogens is 288 g/mol. The maximum atomic E-state index is 12.3. The molecule has 0 unspecified atom stereocenters. The molecule has 6 nitrogen and oxygen atoms in total. The van der Waals surface area contributed by atoms with E-state index in [2.05, 4.69) is 0 Å². The van der Waals surface area contributed by atoms with Gasteiger partial charge < -0.3 is 23.3 Å². The monoisotopic (exact) mass is 298 g/mol. The summed E-state index contributed by atoms with van der Waals surface area (Å²) in [5.74, 6) is -3.60. The van der Waals surface area contributed by atoms with Crippen molar-refractivity contribution in [2.75, 3.05) is 0 Å². The van der Waals surface area contributed by atoms with E-state index in [1.54, 1.807) is 0 Å². The van der Waals surface area contributed by atoms with E-state index < -0.39 is 34.6 Å². The molecule has 1 aliphatic carbocycles. The predicted molar refractivity (Wildman–Crippen MR) is 74.4 cm³/mol. The molecule has 0 atom stereocenters. The van der Waals surface area contributed by atoms with Crippen molar-refractivity contribution in [3.63, 3.8) is 0 Å². The van der Waals surface area contributed by atoms with Gasteiger partial charge in [-0.15, -0.1) is 0 Å². The summed E-state index contributed by atoms with van der Waals surface area (Å²) < 4.78 is 0. The first-order chi connectivity index (χ1) is 9.43. The molecule has 21 heavy (non-hydrogen) atoms. The minimum Gasteiger partial charge on any atom is -1.00 e. The second-order valence-corrected chi connectivity index (χ2v) is 4.37. The summed E-state index contributed by atoms with van der Waals surface area (Å²) in [4.78, 5) is 24.6. The summed E-state index contributed by atoms with van der Waals surface area (Å²) in [6.07, 6.45) is 0. The molecule has 0 fully saturated rings. The Balaban J connectivity index is 0.00000161. The molecule has 0 spiro atoms. The van der Waals surface area contributed by atoms with Crippen molar-refractivity contribution in [1.82, 2.24) is 0 Å². The fourth-order valence-electron chi connectivity index (χ4n) is 2.33. The molecular formula is C14H10MgO6. The number of phenolic OH excluding ortho intramolecular Hbond substituents is 4. The molecule has 0 radical (unpaired) electrons. The number of rotatable bonds is 0. The number of benzene rings is 2. The molecule has 2 aromatic carbocycles. The predicted octanol–water partition coefficient (Wildman–Crippen LogP) is 1.13. The van der Waals surface area contributed by atoms with E-state index in [0.717, 1.165) is 24.3 Å². The number of hydrogen-bond donors (Lipinski definition) is 4. The van der Waals surface area contributed by atoms with Crippen molar-refractivity contribution < 1.29 is 32.9 Å². The minimum atomic E-state index is -0.837. The Morgan fingerprint density at radius 2 is 0.762 bits per heavy atom. The smallest absolute Gasteiger partial charge is 1.00 e.